The topological polar surface area (TPSA) is 167 Å². The number of aliphatic carboxylic acids is 1. The normalized spacial score (nSPS) is 14.9. The molecule has 236 valence electrons. The zero-order valence-electron chi connectivity index (χ0n) is 24.2. The lowest BCUT2D eigenvalue weighted by atomic mass is 9.98. The summed E-state index contributed by atoms with van der Waals surface area (Å²) < 4.78 is 31.7. The molecular weight excluding hydrogens is 611 g/mol. The van der Waals surface area contributed by atoms with Crippen LogP contribution < -0.4 is 16.0 Å². The summed E-state index contributed by atoms with van der Waals surface area (Å²) in [6.07, 6.45) is -4.94. The van der Waals surface area contributed by atoms with Gasteiger partial charge in [0, 0.05) is 28.2 Å². The number of hydrogen-bond donors (Lipinski definition) is 4. The first-order chi connectivity index (χ1) is 21.2. The van der Waals surface area contributed by atoms with Crippen LogP contribution in [-0.4, -0.2) is 67.0 Å². The van der Waals surface area contributed by atoms with Gasteiger partial charge in [0.15, 0.2) is 5.82 Å². The van der Waals surface area contributed by atoms with E-state index >= 15 is 0 Å². The Morgan fingerprint density at radius 2 is 1.67 bits per heavy atom. The molecule has 11 nitrogen and oxygen atoms in total. The number of alkyl halides is 3. The number of benzene rings is 3. The number of aromatic nitrogens is 4. The first kappa shape index (κ1) is 33.1. The van der Waals surface area contributed by atoms with Gasteiger partial charge in [0.1, 0.15) is 6.04 Å². The molecule has 45 heavy (non-hydrogen) atoms. The van der Waals surface area contributed by atoms with E-state index in [0.29, 0.717) is 18.1 Å². The molecule has 2 heterocycles. The van der Waals surface area contributed by atoms with E-state index in [1.165, 1.54) is 0 Å². The largest absolute Gasteiger partial charge is 0.490 e. The van der Waals surface area contributed by atoms with Gasteiger partial charge in [0.25, 0.3) is 5.91 Å². The first-order valence-electron chi connectivity index (χ1n) is 13.6. The Hall–Kier alpha value is -4.76. The highest BCUT2D eigenvalue weighted by molar-refractivity contribution is 7.99. The number of carbonyl (C=O) groups is 3. The highest BCUT2D eigenvalue weighted by Crippen LogP contribution is 2.36. The van der Waals surface area contributed by atoms with Crippen molar-refractivity contribution >= 4 is 35.2 Å². The van der Waals surface area contributed by atoms with E-state index in [-0.39, 0.29) is 18.2 Å². The number of aromatic amines is 1. The van der Waals surface area contributed by atoms with Crippen LogP contribution >= 0.6 is 11.8 Å². The van der Waals surface area contributed by atoms with E-state index in [4.69, 9.17) is 15.6 Å². The number of fused-ring (bicyclic) bond motifs is 1. The molecule has 0 radical (unpaired) electrons. The van der Waals surface area contributed by atoms with Gasteiger partial charge in [-0.2, -0.15) is 13.2 Å². The highest BCUT2D eigenvalue weighted by Gasteiger charge is 2.38. The Morgan fingerprint density at radius 3 is 2.27 bits per heavy atom. The van der Waals surface area contributed by atoms with Crippen molar-refractivity contribution < 1.29 is 32.7 Å². The fourth-order valence-corrected chi connectivity index (χ4v) is 5.54. The molecule has 1 aliphatic heterocycles. The Morgan fingerprint density at radius 1 is 1.04 bits per heavy atom. The number of tetrazole rings is 1. The summed E-state index contributed by atoms with van der Waals surface area (Å²) in [5, 5.41) is 24.3. The average molecular weight is 642 g/mol. The Labute approximate surface area is 260 Å². The van der Waals surface area contributed by atoms with Gasteiger partial charge in [0.05, 0.1) is 12.2 Å². The van der Waals surface area contributed by atoms with Crippen LogP contribution in [0.2, 0.25) is 0 Å². The number of nitrogens with one attached hydrogen (secondary N) is 2. The van der Waals surface area contributed by atoms with Crippen molar-refractivity contribution in [1.82, 2.24) is 25.9 Å². The number of nitrogens with zero attached hydrogens (tertiary/aromatic N) is 4. The maximum absolute atomic E-state index is 13.7. The molecule has 4 aromatic rings. The minimum atomic E-state index is -5.08. The number of hydrogen-bond acceptors (Lipinski definition) is 8. The molecule has 5 rings (SSSR count). The van der Waals surface area contributed by atoms with Gasteiger partial charge >= 0.3 is 12.1 Å². The van der Waals surface area contributed by atoms with Crippen molar-refractivity contribution in [1.29, 1.82) is 0 Å². The van der Waals surface area contributed by atoms with Gasteiger partial charge in [-0.15, -0.1) is 16.9 Å². The summed E-state index contributed by atoms with van der Waals surface area (Å²) in [5.74, 6) is -2.08. The molecule has 0 aliphatic carbocycles. The minimum absolute atomic E-state index is 0.140. The lowest BCUT2D eigenvalue weighted by Gasteiger charge is -2.27. The number of carboxylic acid groups (broad SMARTS) is 1. The zero-order chi connectivity index (χ0) is 32.8. The third-order valence-electron chi connectivity index (χ3n) is 6.45. The number of rotatable bonds is 7. The van der Waals surface area contributed by atoms with Crippen LogP contribution in [0.4, 0.5) is 18.9 Å². The summed E-state index contributed by atoms with van der Waals surface area (Å²) in [5.41, 5.74) is 10.1. The molecule has 3 aromatic carbocycles. The first-order valence-corrected chi connectivity index (χ1v) is 14.6. The van der Waals surface area contributed by atoms with E-state index in [1.807, 2.05) is 72.8 Å². The van der Waals surface area contributed by atoms with Crippen LogP contribution in [0, 0.1) is 0 Å². The van der Waals surface area contributed by atoms with Crippen LogP contribution in [0.1, 0.15) is 25.8 Å². The molecule has 0 spiro atoms. The van der Waals surface area contributed by atoms with Crippen LogP contribution in [-0.2, 0) is 20.9 Å². The van der Waals surface area contributed by atoms with Crippen molar-refractivity contribution in [2.24, 2.45) is 5.73 Å². The SMILES string of the molecule is CC(C)(N)CC(=O)N[C@@H]1CSc2ccccc2N(Cc2ccc(-c3ccccc3-c3nnn[nH]3)cc2)C1=O.O=C(O)C(F)(F)F. The van der Waals surface area contributed by atoms with Crippen molar-refractivity contribution in [3.8, 4) is 22.5 Å². The number of carboxylic acids is 1. The van der Waals surface area contributed by atoms with Crippen LogP contribution in [0.3, 0.4) is 0 Å². The Kier molecular flexibility index (Phi) is 10.2. The van der Waals surface area contributed by atoms with Crippen molar-refractivity contribution in [3.05, 3.63) is 78.4 Å². The van der Waals surface area contributed by atoms with E-state index in [1.54, 1.807) is 30.5 Å². The number of amides is 2. The maximum atomic E-state index is 13.7. The number of carbonyl (C=O) groups excluding carboxylic acids is 2. The molecule has 0 saturated heterocycles. The minimum Gasteiger partial charge on any atom is -0.475 e. The third kappa shape index (κ3) is 8.89. The van der Waals surface area contributed by atoms with Crippen molar-refractivity contribution in [2.75, 3.05) is 10.7 Å². The average Bonchev–Trinajstić information content (AvgIpc) is 3.48. The number of para-hydroxylation sites is 1. The Bertz CT molecular complexity index is 1640. The van der Waals surface area contributed by atoms with E-state index in [0.717, 1.165) is 32.8 Å². The predicted octanol–water partition coefficient (Wildman–Crippen LogP) is 4.42. The lowest BCUT2D eigenvalue weighted by molar-refractivity contribution is -0.192. The van der Waals surface area contributed by atoms with Crippen molar-refractivity contribution in [3.63, 3.8) is 0 Å². The molecule has 0 unspecified atom stereocenters. The second kappa shape index (κ2) is 13.9. The molecule has 5 N–H and O–H groups in total. The smallest absolute Gasteiger partial charge is 0.475 e. The molecule has 0 saturated carbocycles. The number of thioether (sulfide) groups is 1. The van der Waals surface area contributed by atoms with Gasteiger partial charge < -0.3 is 21.1 Å². The van der Waals surface area contributed by atoms with Crippen LogP contribution in [0.5, 0.6) is 0 Å². The molecule has 1 aliphatic rings. The number of anilines is 1. The van der Waals surface area contributed by atoms with Crippen LogP contribution in [0.25, 0.3) is 22.5 Å². The molecule has 0 bridgehead atoms. The van der Waals surface area contributed by atoms with Crippen molar-refractivity contribution in [2.45, 2.75) is 49.5 Å². The van der Waals surface area contributed by atoms with Gasteiger partial charge in [-0.3, -0.25) is 9.59 Å². The highest BCUT2D eigenvalue weighted by atomic mass is 32.2. The summed E-state index contributed by atoms with van der Waals surface area (Å²) in [6, 6.07) is 23.2. The molecular formula is C30H30F3N7O4S. The number of halogens is 3. The van der Waals surface area contributed by atoms with E-state index in [2.05, 4.69) is 25.9 Å². The fraction of sp³-hybridized carbons (Fsp3) is 0.267. The molecule has 2 amide bonds. The third-order valence-corrected chi connectivity index (χ3v) is 7.61. The zero-order valence-corrected chi connectivity index (χ0v) is 25.0. The summed E-state index contributed by atoms with van der Waals surface area (Å²) >= 11 is 1.57. The Balaban J connectivity index is 0.000000591. The monoisotopic (exact) mass is 641 g/mol. The molecule has 0 fully saturated rings. The predicted molar refractivity (Wildman–Crippen MR) is 162 cm³/mol. The molecule has 1 atom stereocenters. The maximum Gasteiger partial charge on any atom is 0.490 e. The quantitative estimate of drug-likeness (QED) is 0.228. The number of H-pyrrole nitrogens is 1. The fourth-order valence-electron chi connectivity index (χ4n) is 4.47. The summed E-state index contributed by atoms with van der Waals surface area (Å²) in [4.78, 5) is 38.0. The second-order valence-corrected chi connectivity index (χ2v) is 11.8. The second-order valence-electron chi connectivity index (χ2n) is 10.8. The summed E-state index contributed by atoms with van der Waals surface area (Å²) in [7, 11) is 0. The van der Waals surface area contributed by atoms with Gasteiger partial charge in [-0.25, -0.2) is 9.89 Å². The standard InChI is InChI=1S/C28H29N7O2S.C2HF3O2/c1-28(2,29)15-25(36)30-22-17-38-24-10-6-5-9-23(24)35(27(22)37)16-18-11-13-19(14-12-18)20-7-3-4-8-21(20)26-31-33-34-32-26;3-2(4,5)1(6)7/h3-14,22H,15-17,29H2,1-2H3,(H,30,36)(H,31,32,33,34);(H,6,7)/t22-;/m1./s1. The van der Waals surface area contributed by atoms with Gasteiger partial charge in [-0.1, -0.05) is 60.7 Å². The molecule has 15 heteroatoms. The summed E-state index contributed by atoms with van der Waals surface area (Å²) in [6.45, 7) is 3.96. The van der Waals surface area contributed by atoms with Gasteiger partial charge in [-0.05, 0) is 53.1 Å². The van der Waals surface area contributed by atoms with E-state index in [9.17, 15) is 22.8 Å². The van der Waals surface area contributed by atoms with Gasteiger partial charge in [0.2, 0.25) is 5.91 Å². The number of nitrogens with two attached hydrogens (primary N) is 1. The van der Waals surface area contributed by atoms with E-state index < -0.39 is 23.7 Å². The van der Waals surface area contributed by atoms with Crippen LogP contribution in [0.15, 0.2) is 77.7 Å². The molecule has 1 aromatic heterocycles. The lowest BCUT2D eigenvalue weighted by Crippen LogP contribution is -2.51.